The van der Waals surface area contributed by atoms with Gasteiger partial charge in [-0.25, -0.2) is 0 Å². The highest BCUT2D eigenvalue weighted by molar-refractivity contribution is 8.00. The minimum atomic E-state index is -0.177. The molecule has 2 N–H and O–H groups in total. The molecule has 4 nitrogen and oxygen atoms in total. The first-order valence-electron chi connectivity index (χ1n) is 6.69. The van der Waals surface area contributed by atoms with Crippen LogP contribution in [0.4, 0.5) is 11.4 Å². The Balaban J connectivity index is 1.92. The number of hydrogen-bond donors (Lipinski definition) is 2. The lowest BCUT2D eigenvalue weighted by molar-refractivity contribution is -0.114. The number of benzene rings is 2. The molecule has 0 fully saturated rings. The quantitative estimate of drug-likeness (QED) is 0.753. The summed E-state index contributed by atoms with van der Waals surface area (Å²) in [4.78, 5) is 23.9. The molecule has 120 valence electrons. The molecular weight excluding hydrogens is 355 g/mol. The Morgan fingerprint density at radius 2 is 1.87 bits per heavy atom. The van der Waals surface area contributed by atoms with E-state index in [4.69, 9.17) is 23.2 Å². The molecule has 0 saturated heterocycles. The van der Waals surface area contributed by atoms with Crippen molar-refractivity contribution >= 4 is 58.2 Å². The Labute approximate surface area is 148 Å². The number of anilines is 2. The second-order valence-electron chi connectivity index (χ2n) is 4.67. The summed E-state index contributed by atoms with van der Waals surface area (Å²) in [6.07, 6.45) is 0. The molecule has 23 heavy (non-hydrogen) atoms. The van der Waals surface area contributed by atoms with Crippen molar-refractivity contribution in [3.8, 4) is 0 Å². The number of carbonyl (C=O) groups excluding carboxylic acids is 2. The first kappa shape index (κ1) is 17.7. The third-order valence-electron chi connectivity index (χ3n) is 2.73. The van der Waals surface area contributed by atoms with Crippen LogP contribution in [0.25, 0.3) is 0 Å². The van der Waals surface area contributed by atoms with Crippen molar-refractivity contribution in [3.05, 3.63) is 52.5 Å². The van der Waals surface area contributed by atoms with E-state index >= 15 is 0 Å². The highest BCUT2D eigenvalue weighted by Crippen LogP contribution is 2.26. The second kappa shape index (κ2) is 8.24. The summed E-state index contributed by atoms with van der Waals surface area (Å²) in [5.74, 6) is -0.0888. The van der Waals surface area contributed by atoms with Crippen LogP contribution in [0, 0.1) is 0 Å². The molecule has 2 aromatic carbocycles. The maximum absolute atomic E-state index is 12.0. The summed E-state index contributed by atoms with van der Waals surface area (Å²) in [6.45, 7) is 1.45. The normalized spacial score (nSPS) is 10.2. The first-order chi connectivity index (χ1) is 10.9. The zero-order valence-electron chi connectivity index (χ0n) is 12.2. The molecule has 0 spiro atoms. The highest BCUT2D eigenvalue weighted by atomic mass is 35.5. The minimum Gasteiger partial charge on any atom is -0.326 e. The molecule has 0 radical (unpaired) electrons. The van der Waals surface area contributed by atoms with Gasteiger partial charge in [0.15, 0.2) is 0 Å². The van der Waals surface area contributed by atoms with Gasteiger partial charge in [-0.1, -0.05) is 29.3 Å². The van der Waals surface area contributed by atoms with E-state index in [1.807, 2.05) is 18.2 Å². The zero-order valence-corrected chi connectivity index (χ0v) is 14.6. The van der Waals surface area contributed by atoms with Crippen molar-refractivity contribution in [2.45, 2.75) is 11.8 Å². The topological polar surface area (TPSA) is 58.2 Å². The maximum atomic E-state index is 12.0. The minimum absolute atomic E-state index is 0.137. The highest BCUT2D eigenvalue weighted by Gasteiger charge is 2.07. The molecule has 0 unspecified atom stereocenters. The lowest BCUT2D eigenvalue weighted by Crippen LogP contribution is -2.14. The van der Waals surface area contributed by atoms with Crippen LogP contribution in [0.1, 0.15) is 6.92 Å². The summed E-state index contributed by atoms with van der Waals surface area (Å²) in [7, 11) is 0. The summed E-state index contributed by atoms with van der Waals surface area (Å²) >= 11 is 13.2. The van der Waals surface area contributed by atoms with Gasteiger partial charge in [0.1, 0.15) is 0 Å². The fraction of sp³-hybridized carbons (Fsp3) is 0.125. The fourth-order valence-electron chi connectivity index (χ4n) is 1.79. The number of amides is 2. The number of thioether (sulfide) groups is 1. The lowest BCUT2D eigenvalue weighted by atomic mass is 10.3. The lowest BCUT2D eigenvalue weighted by Gasteiger charge is -2.08. The monoisotopic (exact) mass is 368 g/mol. The van der Waals surface area contributed by atoms with E-state index in [0.717, 1.165) is 4.90 Å². The van der Waals surface area contributed by atoms with Gasteiger partial charge < -0.3 is 10.6 Å². The number of halogens is 2. The summed E-state index contributed by atoms with van der Waals surface area (Å²) in [5.41, 5.74) is 1.22. The Kier molecular flexibility index (Phi) is 6.33. The van der Waals surface area contributed by atoms with E-state index in [1.54, 1.807) is 24.3 Å². The summed E-state index contributed by atoms with van der Waals surface area (Å²) < 4.78 is 0. The second-order valence-corrected chi connectivity index (χ2v) is 6.56. The predicted molar refractivity (Wildman–Crippen MR) is 96.6 cm³/mol. The Morgan fingerprint density at radius 1 is 1.09 bits per heavy atom. The van der Waals surface area contributed by atoms with Crippen LogP contribution in [0.3, 0.4) is 0 Å². The van der Waals surface area contributed by atoms with Crippen molar-refractivity contribution in [2.75, 3.05) is 16.4 Å². The first-order valence-corrected chi connectivity index (χ1v) is 8.43. The van der Waals surface area contributed by atoms with Crippen LogP contribution in [-0.2, 0) is 9.59 Å². The maximum Gasteiger partial charge on any atom is 0.234 e. The zero-order chi connectivity index (χ0) is 16.8. The number of hydrogen-bond acceptors (Lipinski definition) is 3. The fourth-order valence-corrected chi connectivity index (χ4v) is 3.00. The van der Waals surface area contributed by atoms with E-state index in [1.165, 1.54) is 18.7 Å². The van der Waals surface area contributed by atoms with Gasteiger partial charge >= 0.3 is 0 Å². The van der Waals surface area contributed by atoms with Crippen molar-refractivity contribution in [1.29, 1.82) is 0 Å². The van der Waals surface area contributed by atoms with Gasteiger partial charge in [0.05, 0.1) is 16.5 Å². The SMILES string of the molecule is CC(=O)Nc1cccc(SCC(=O)Nc2ccc(Cl)cc2Cl)c1. The van der Waals surface area contributed by atoms with Crippen LogP contribution in [0.15, 0.2) is 47.4 Å². The van der Waals surface area contributed by atoms with Crippen molar-refractivity contribution in [3.63, 3.8) is 0 Å². The number of rotatable bonds is 5. The van der Waals surface area contributed by atoms with Crippen LogP contribution < -0.4 is 10.6 Å². The number of nitrogens with one attached hydrogen (secondary N) is 2. The molecule has 0 aliphatic heterocycles. The van der Waals surface area contributed by atoms with Crippen molar-refractivity contribution in [2.24, 2.45) is 0 Å². The van der Waals surface area contributed by atoms with E-state index in [-0.39, 0.29) is 17.6 Å². The smallest absolute Gasteiger partial charge is 0.234 e. The van der Waals surface area contributed by atoms with Gasteiger partial charge in [-0.15, -0.1) is 11.8 Å². The molecule has 0 aliphatic carbocycles. The Bertz CT molecular complexity index is 738. The molecule has 2 rings (SSSR count). The molecule has 0 aromatic heterocycles. The Hall–Kier alpha value is -1.69. The molecule has 2 aromatic rings. The van der Waals surface area contributed by atoms with Gasteiger partial charge in [-0.2, -0.15) is 0 Å². The van der Waals surface area contributed by atoms with E-state index in [9.17, 15) is 9.59 Å². The van der Waals surface area contributed by atoms with E-state index < -0.39 is 0 Å². The van der Waals surface area contributed by atoms with Crippen LogP contribution in [0.5, 0.6) is 0 Å². The molecule has 0 bridgehead atoms. The molecule has 0 saturated carbocycles. The number of carbonyl (C=O) groups is 2. The van der Waals surface area contributed by atoms with Gasteiger partial charge in [-0.3, -0.25) is 9.59 Å². The summed E-state index contributed by atoms with van der Waals surface area (Å²) in [5, 5.41) is 6.34. The van der Waals surface area contributed by atoms with Crippen LogP contribution >= 0.6 is 35.0 Å². The average molecular weight is 369 g/mol. The van der Waals surface area contributed by atoms with Gasteiger partial charge in [0.25, 0.3) is 0 Å². The Morgan fingerprint density at radius 3 is 2.57 bits per heavy atom. The van der Waals surface area contributed by atoms with E-state index in [0.29, 0.717) is 21.4 Å². The largest absolute Gasteiger partial charge is 0.326 e. The van der Waals surface area contributed by atoms with Crippen molar-refractivity contribution in [1.82, 2.24) is 0 Å². The summed E-state index contributed by atoms with van der Waals surface area (Å²) in [6, 6.07) is 12.2. The van der Waals surface area contributed by atoms with Gasteiger partial charge in [-0.05, 0) is 36.4 Å². The predicted octanol–water partition coefficient (Wildman–Crippen LogP) is 4.68. The third-order valence-corrected chi connectivity index (χ3v) is 4.27. The van der Waals surface area contributed by atoms with Crippen LogP contribution in [0.2, 0.25) is 10.0 Å². The molecule has 2 amide bonds. The van der Waals surface area contributed by atoms with Gasteiger partial charge in [0.2, 0.25) is 11.8 Å². The third kappa shape index (κ3) is 5.78. The van der Waals surface area contributed by atoms with Crippen molar-refractivity contribution < 1.29 is 9.59 Å². The molecule has 7 heteroatoms. The average Bonchev–Trinajstić information content (AvgIpc) is 2.48. The molecular formula is C16H14Cl2N2O2S. The standard InChI is InChI=1S/C16H14Cl2N2O2S/c1-10(21)19-12-3-2-4-13(8-12)23-9-16(22)20-15-6-5-11(17)7-14(15)18/h2-8H,9H2,1H3,(H,19,21)(H,20,22). The van der Waals surface area contributed by atoms with E-state index in [2.05, 4.69) is 10.6 Å². The molecule has 0 heterocycles. The molecule has 0 atom stereocenters. The van der Waals surface area contributed by atoms with Crippen LogP contribution in [-0.4, -0.2) is 17.6 Å². The molecule has 0 aliphatic rings. The van der Waals surface area contributed by atoms with Gasteiger partial charge in [0, 0.05) is 22.5 Å².